The van der Waals surface area contributed by atoms with E-state index in [1.165, 1.54) is 18.2 Å². The molecule has 0 bridgehead atoms. The monoisotopic (exact) mass is 252 g/mol. The lowest BCUT2D eigenvalue weighted by atomic mass is 10.1. The lowest BCUT2D eigenvalue weighted by Gasteiger charge is -2.35. The van der Waals surface area contributed by atoms with Gasteiger partial charge in [-0.15, -0.1) is 0 Å². The standard InChI is InChI=1S/C13H17FN2O2/c1-8-6-16(7-9(2)18-8)13(17)10-3-11(14)5-12(15)4-10/h3-5,8-9H,6-7,15H2,1-2H3. The van der Waals surface area contributed by atoms with Crippen LogP contribution >= 0.6 is 0 Å². The minimum absolute atomic E-state index is 0.0105. The molecule has 2 unspecified atom stereocenters. The fourth-order valence-corrected chi connectivity index (χ4v) is 2.26. The van der Waals surface area contributed by atoms with Crippen LogP contribution in [0.4, 0.5) is 10.1 Å². The largest absolute Gasteiger partial charge is 0.399 e. The van der Waals surface area contributed by atoms with Crippen LogP contribution in [-0.4, -0.2) is 36.1 Å². The van der Waals surface area contributed by atoms with Gasteiger partial charge in [0, 0.05) is 24.3 Å². The number of carbonyl (C=O) groups is 1. The molecule has 1 aromatic rings. The number of hydrogen-bond donors (Lipinski definition) is 1. The smallest absolute Gasteiger partial charge is 0.254 e. The van der Waals surface area contributed by atoms with Crippen LogP contribution in [0.15, 0.2) is 18.2 Å². The van der Waals surface area contributed by atoms with Gasteiger partial charge in [-0.25, -0.2) is 4.39 Å². The number of anilines is 1. The highest BCUT2D eigenvalue weighted by molar-refractivity contribution is 5.95. The SMILES string of the molecule is CC1CN(C(=O)c2cc(N)cc(F)c2)CC(C)O1. The number of benzene rings is 1. The Kier molecular flexibility index (Phi) is 3.52. The van der Waals surface area contributed by atoms with Crippen LogP contribution in [0.3, 0.4) is 0 Å². The molecule has 5 heteroatoms. The first kappa shape index (κ1) is 12.8. The molecule has 18 heavy (non-hydrogen) atoms. The van der Waals surface area contributed by atoms with E-state index in [0.717, 1.165) is 0 Å². The normalized spacial score (nSPS) is 24.1. The number of hydrogen-bond acceptors (Lipinski definition) is 3. The third-order valence-electron chi connectivity index (χ3n) is 2.87. The third-order valence-corrected chi connectivity index (χ3v) is 2.87. The Bertz CT molecular complexity index is 434. The van der Waals surface area contributed by atoms with Crippen molar-refractivity contribution in [3.63, 3.8) is 0 Å². The van der Waals surface area contributed by atoms with Crippen molar-refractivity contribution < 1.29 is 13.9 Å². The summed E-state index contributed by atoms with van der Waals surface area (Å²) in [5.74, 6) is -0.698. The van der Waals surface area contributed by atoms with Gasteiger partial charge in [-0.05, 0) is 32.0 Å². The average molecular weight is 252 g/mol. The fraction of sp³-hybridized carbons (Fsp3) is 0.462. The van der Waals surface area contributed by atoms with Gasteiger partial charge in [-0.3, -0.25) is 4.79 Å². The van der Waals surface area contributed by atoms with Crippen LogP contribution in [-0.2, 0) is 4.74 Å². The minimum atomic E-state index is -0.493. The van der Waals surface area contributed by atoms with E-state index in [4.69, 9.17) is 10.5 Å². The topological polar surface area (TPSA) is 55.6 Å². The molecule has 2 atom stereocenters. The molecule has 1 aromatic carbocycles. The summed E-state index contributed by atoms with van der Waals surface area (Å²) < 4.78 is 18.8. The van der Waals surface area contributed by atoms with Gasteiger partial charge < -0.3 is 15.4 Å². The van der Waals surface area contributed by atoms with E-state index >= 15 is 0 Å². The van der Waals surface area contributed by atoms with Crippen LogP contribution in [0.1, 0.15) is 24.2 Å². The van der Waals surface area contributed by atoms with E-state index in [1.807, 2.05) is 13.8 Å². The Balaban J connectivity index is 2.20. The van der Waals surface area contributed by atoms with E-state index < -0.39 is 5.82 Å². The summed E-state index contributed by atoms with van der Waals surface area (Å²) in [6, 6.07) is 3.90. The summed E-state index contributed by atoms with van der Waals surface area (Å²) in [5.41, 5.74) is 6.09. The van der Waals surface area contributed by atoms with E-state index in [9.17, 15) is 9.18 Å². The average Bonchev–Trinajstić information content (AvgIpc) is 2.25. The number of nitrogens with zero attached hydrogens (tertiary/aromatic N) is 1. The molecule has 0 aliphatic carbocycles. The second-order valence-electron chi connectivity index (χ2n) is 4.74. The number of amides is 1. The third kappa shape index (κ3) is 2.79. The number of ether oxygens (including phenoxy) is 1. The highest BCUT2D eigenvalue weighted by Gasteiger charge is 2.26. The number of carbonyl (C=O) groups excluding carboxylic acids is 1. The molecular weight excluding hydrogens is 235 g/mol. The molecule has 98 valence electrons. The van der Waals surface area contributed by atoms with Crippen molar-refractivity contribution in [1.82, 2.24) is 4.90 Å². The van der Waals surface area contributed by atoms with Gasteiger partial charge >= 0.3 is 0 Å². The highest BCUT2D eigenvalue weighted by Crippen LogP contribution is 2.17. The molecule has 1 heterocycles. The molecule has 2 rings (SSSR count). The lowest BCUT2D eigenvalue weighted by Crippen LogP contribution is -2.48. The lowest BCUT2D eigenvalue weighted by molar-refractivity contribution is -0.0586. The van der Waals surface area contributed by atoms with Crippen LogP contribution < -0.4 is 5.73 Å². The minimum Gasteiger partial charge on any atom is -0.399 e. The number of nitrogen functional groups attached to an aromatic ring is 1. The first-order chi connectivity index (χ1) is 8.45. The summed E-state index contributed by atoms with van der Waals surface area (Å²) in [5, 5.41) is 0. The van der Waals surface area contributed by atoms with Crippen molar-refractivity contribution in [1.29, 1.82) is 0 Å². The quantitative estimate of drug-likeness (QED) is 0.773. The summed E-state index contributed by atoms with van der Waals surface area (Å²) in [4.78, 5) is 13.9. The van der Waals surface area contributed by atoms with Crippen LogP contribution in [0.25, 0.3) is 0 Å². The molecule has 0 aromatic heterocycles. The first-order valence-electron chi connectivity index (χ1n) is 5.96. The van der Waals surface area contributed by atoms with Gasteiger partial charge in [0.15, 0.2) is 0 Å². The Morgan fingerprint density at radius 3 is 2.50 bits per heavy atom. The van der Waals surface area contributed by atoms with Gasteiger partial charge in [0.2, 0.25) is 0 Å². The molecule has 2 N–H and O–H groups in total. The zero-order chi connectivity index (χ0) is 13.3. The van der Waals surface area contributed by atoms with Gasteiger partial charge in [0.25, 0.3) is 5.91 Å². The zero-order valence-corrected chi connectivity index (χ0v) is 10.5. The van der Waals surface area contributed by atoms with Crippen LogP contribution in [0.2, 0.25) is 0 Å². The maximum Gasteiger partial charge on any atom is 0.254 e. The number of halogens is 1. The van der Waals surface area contributed by atoms with E-state index in [1.54, 1.807) is 4.90 Å². The molecule has 4 nitrogen and oxygen atoms in total. The molecule has 1 fully saturated rings. The Hall–Kier alpha value is -1.62. The maximum atomic E-state index is 13.2. The van der Waals surface area contributed by atoms with E-state index in [0.29, 0.717) is 13.1 Å². The molecular formula is C13H17FN2O2. The van der Waals surface area contributed by atoms with Gasteiger partial charge in [0.1, 0.15) is 5.82 Å². The summed E-state index contributed by atoms with van der Waals surface area (Å²) >= 11 is 0. The number of morpholine rings is 1. The zero-order valence-electron chi connectivity index (χ0n) is 10.5. The van der Waals surface area contributed by atoms with E-state index in [2.05, 4.69) is 0 Å². The van der Waals surface area contributed by atoms with Crippen LogP contribution in [0.5, 0.6) is 0 Å². The second-order valence-corrected chi connectivity index (χ2v) is 4.74. The molecule has 1 amide bonds. The predicted molar refractivity (Wildman–Crippen MR) is 66.7 cm³/mol. The number of nitrogens with two attached hydrogens (primary N) is 1. The Labute approximate surface area is 106 Å². The second kappa shape index (κ2) is 4.94. The van der Waals surface area contributed by atoms with Crippen molar-refractivity contribution in [2.75, 3.05) is 18.8 Å². The van der Waals surface area contributed by atoms with Crippen molar-refractivity contribution in [2.24, 2.45) is 0 Å². The molecule has 1 saturated heterocycles. The van der Waals surface area contributed by atoms with Gasteiger partial charge in [-0.1, -0.05) is 0 Å². The molecule has 1 aliphatic rings. The van der Waals surface area contributed by atoms with Gasteiger partial charge in [0.05, 0.1) is 12.2 Å². The fourth-order valence-electron chi connectivity index (χ4n) is 2.26. The van der Waals surface area contributed by atoms with Crippen molar-refractivity contribution in [3.8, 4) is 0 Å². The van der Waals surface area contributed by atoms with Gasteiger partial charge in [-0.2, -0.15) is 0 Å². The van der Waals surface area contributed by atoms with Crippen molar-refractivity contribution >= 4 is 11.6 Å². The Morgan fingerprint density at radius 2 is 1.94 bits per heavy atom. The maximum absolute atomic E-state index is 13.2. The van der Waals surface area contributed by atoms with Crippen molar-refractivity contribution in [2.45, 2.75) is 26.1 Å². The number of rotatable bonds is 1. The first-order valence-corrected chi connectivity index (χ1v) is 5.96. The van der Waals surface area contributed by atoms with Crippen molar-refractivity contribution in [3.05, 3.63) is 29.6 Å². The molecule has 0 radical (unpaired) electrons. The van der Waals surface area contributed by atoms with E-state index in [-0.39, 0.29) is 29.4 Å². The summed E-state index contributed by atoms with van der Waals surface area (Å²) in [7, 11) is 0. The Morgan fingerprint density at radius 1 is 1.33 bits per heavy atom. The molecule has 1 aliphatic heterocycles. The van der Waals surface area contributed by atoms with Crippen LogP contribution in [0, 0.1) is 5.82 Å². The molecule has 0 saturated carbocycles. The predicted octanol–water partition coefficient (Wildman–Crippen LogP) is 1.66. The summed E-state index contributed by atoms with van der Waals surface area (Å²) in [6.45, 7) is 4.85. The summed E-state index contributed by atoms with van der Waals surface area (Å²) in [6.07, 6.45) is -0.0211. The molecule has 0 spiro atoms. The highest BCUT2D eigenvalue weighted by atomic mass is 19.1.